The van der Waals surface area contributed by atoms with E-state index >= 15 is 0 Å². The van der Waals surface area contributed by atoms with Crippen molar-refractivity contribution < 1.29 is 9.53 Å². The Morgan fingerprint density at radius 2 is 2.29 bits per heavy atom. The highest BCUT2D eigenvalue weighted by molar-refractivity contribution is 5.68. The highest BCUT2D eigenvalue weighted by Crippen LogP contribution is 2.14. The fourth-order valence-corrected chi connectivity index (χ4v) is 2.43. The van der Waals surface area contributed by atoms with Crippen LogP contribution < -0.4 is 5.32 Å². The fourth-order valence-electron chi connectivity index (χ4n) is 2.43. The molecule has 0 spiro atoms. The molecule has 5 nitrogen and oxygen atoms in total. The summed E-state index contributed by atoms with van der Waals surface area (Å²) in [6, 6.07) is 5.95. The molecule has 0 bridgehead atoms. The van der Waals surface area contributed by atoms with Crippen molar-refractivity contribution in [1.82, 2.24) is 15.2 Å². The van der Waals surface area contributed by atoms with E-state index in [1.54, 1.807) is 4.90 Å². The van der Waals surface area contributed by atoms with Gasteiger partial charge in [-0.1, -0.05) is 6.07 Å². The molecule has 2 heterocycles. The van der Waals surface area contributed by atoms with Crippen LogP contribution in [0.1, 0.15) is 26.5 Å². The van der Waals surface area contributed by atoms with Gasteiger partial charge < -0.3 is 15.0 Å². The van der Waals surface area contributed by atoms with E-state index in [0.29, 0.717) is 19.0 Å². The minimum absolute atomic E-state index is 0.225. The number of hydrogen-bond acceptors (Lipinski definition) is 4. The van der Waals surface area contributed by atoms with Gasteiger partial charge in [-0.25, -0.2) is 4.79 Å². The van der Waals surface area contributed by atoms with Gasteiger partial charge in [-0.05, 0) is 45.2 Å². The van der Waals surface area contributed by atoms with Crippen LogP contribution in [0.15, 0.2) is 24.4 Å². The van der Waals surface area contributed by atoms with Crippen LogP contribution in [0.4, 0.5) is 4.79 Å². The van der Waals surface area contributed by atoms with Crippen LogP contribution in [0, 0.1) is 5.92 Å². The van der Waals surface area contributed by atoms with Crippen LogP contribution in [0.5, 0.6) is 0 Å². The molecule has 1 aliphatic rings. The van der Waals surface area contributed by atoms with E-state index in [4.69, 9.17) is 4.74 Å². The predicted molar refractivity (Wildman–Crippen MR) is 82.1 cm³/mol. The average molecular weight is 291 g/mol. The van der Waals surface area contributed by atoms with E-state index in [1.807, 2.05) is 45.2 Å². The summed E-state index contributed by atoms with van der Waals surface area (Å²) in [7, 11) is 0. The van der Waals surface area contributed by atoms with Gasteiger partial charge in [-0.2, -0.15) is 0 Å². The Morgan fingerprint density at radius 1 is 1.48 bits per heavy atom. The summed E-state index contributed by atoms with van der Waals surface area (Å²) in [6.07, 6.45) is 2.45. The first-order valence-corrected chi connectivity index (χ1v) is 7.52. The molecule has 1 atom stereocenters. The topological polar surface area (TPSA) is 54.5 Å². The SMILES string of the molecule is CC(C)(C)OC(=O)N1CCNC[C@@H](Cc2ccccn2)C1. The molecule has 116 valence electrons. The van der Waals surface area contributed by atoms with Gasteiger partial charge in [0, 0.05) is 38.1 Å². The molecule has 0 aliphatic carbocycles. The molecule has 1 N–H and O–H groups in total. The summed E-state index contributed by atoms with van der Waals surface area (Å²) in [5, 5.41) is 3.39. The molecule has 21 heavy (non-hydrogen) atoms. The Kier molecular flexibility index (Phi) is 5.17. The standard InChI is InChI=1S/C16H25N3O2/c1-16(2,3)21-15(20)19-9-8-17-11-13(12-19)10-14-6-4-5-7-18-14/h4-7,13,17H,8-12H2,1-3H3/t13-/m1/s1. The van der Waals surface area contributed by atoms with E-state index < -0.39 is 5.60 Å². The van der Waals surface area contributed by atoms with Crippen molar-refractivity contribution in [3.8, 4) is 0 Å². The first-order chi connectivity index (χ1) is 9.94. The number of rotatable bonds is 2. The number of ether oxygens (including phenoxy) is 1. The normalized spacial score (nSPS) is 20.0. The number of pyridine rings is 1. The molecule has 0 unspecified atom stereocenters. The van der Waals surface area contributed by atoms with Crippen molar-refractivity contribution in [3.05, 3.63) is 30.1 Å². The molecule has 1 fully saturated rings. The lowest BCUT2D eigenvalue weighted by Gasteiger charge is -2.28. The number of carbonyl (C=O) groups excluding carboxylic acids is 1. The quantitative estimate of drug-likeness (QED) is 0.906. The molecule has 5 heteroatoms. The number of carbonyl (C=O) groups is 1. The van der Waals surface area contributed by atoms with Crippen molar-refractivity contribution in [2.45, 2.75) is 32.8 Å². The van der Waals surface area contributed by atoms with Crippen LogP contribution in [0.3, 0.4) is 0 Å². The second-order valence-electron chi connectivity index (χ2n) is 6.52. The second-order valence-corrected chi connectivity index (χ2v) is 6.52. The minimum Gasteiger partial charge on any atom is -0.444 e. The lowest BCUT2D eigenvalue weighted by atomic mass is 10.0. The Hall–Kier alpha value is -1.62. The first kappa shape index (κ1) is 15.8. The van der Waals surface area contributed by atoms with Gasteiger partial charge in [0.05, 0.1) is 0 Å². The zero-order valence-electron chi connectivity index (χ0n) is 13.1. The Balaban J connectivity index is 1.96. The van der Waals surface area contributed by atoms with E-state index in [2.05, 4.69) is 10.3 Å². The zero-order chi connectivity index (χ0) is 15.3. The summed E-state index contributed by atoms with van der Waals surface area (Å²) in [5.74, 6) is 0.356. The highest BCUT2D eigenvalue weighted by Gasteiger charge is 2.26. The van der Waals surface area contributed by atoms with Gasteiger partial charge >= 0.3 is 6.09 Å². The third kappa shape index (κ3) is 5.34. The molecular formula is C16H25N3O2. The van der Waals surface area contributed by atoms with E-state index in [0.717, 1.165) is 25.2 Å². The maximum absolute atomic E-state index is 12.2. The van der Waals surface area contributed by atoms with Gasteiger partial charge in [0.25, 0.3) is 0 Å². The zero-order valence-corrected chi connectivity index (χ0v) is 13.1. The monoisotopic (exact) mass is 291 g/mol. The van der Waals surface area contributed by atoms with Crippen molar-refractivity contribution in [2.24, 2.45) is 5.92 Å². The smallest absolute Gasteiger partial charge is 0.410 e. The summed E-state index contributed by atoms with van der Waals surface area (Å²) in [5.41, 5.74) is 0.614. The van der Waals surface area contributed by atoms with E-state index in [1.165, 1.54) is 0 Å². The van der Waals surface area contributed by atoms with Gasteiger partial charge in [-0.3, -0.25) is 4.98 Å². The molecule has 0 aromatic carbocycles. The van der Waals surface area contributed by atoms with Gasteiger partial charge in [0.1, 0.15) is 5.60 Å². The molecule has 1 aliphatic heterocycles. The molecule has 2 rings (SSSR count). The molecule has 1 aromatic rings. The highest BCUT2D eigenvalue weighted by atomic mass is 16.6. The van der Waals surface area contributed by atoms with Crippen molar-refractivity contribution in [3.63, 3.8) is 0 Å². The van der Waals surface area contributed by atoms with E-state index in [9.17, 15) is 4.79 Å². The lowest BCUT2D eigenvalue weighted by Crippen LogP contribution is -2.40. The summed E-state index contributed by atoms with van der Waals surface area (Å²) in [4.78, 5) is 18.4. The summed E-state index contributed by atoms with van der Waals surface area (Å²) in [6.45, 7) is 8.78. The maximum Gasteiger partial charge on any atom is 0.410 e. The third-order valence-corrected chi connectivity index (χ3v) is 3.35. The molecule has 1 aromatic heterocycles. The van der Waals surface area contributed by atoms with Crippen LogP contribution in [0.25, 0.3) is 0 Å². The van der Waals surface area contributed by atoms with Gasteiger partial charge in [0.2, 0.25) is 0 Å². The second kappa shape index (κ2) is 6.89. The molecule has 0 saturated carbocycles. The Morgan fingerprint density at radius 3 is 2.95 bits per heavy atom. The Bertz CT molecular complexity index is 456. The summed E-state index contributed by atoms with van der Waals surface area (Å²) >= 11 is 0. The number of amides is 1. The number of hydrogen-bond donors (Lipinski definition) is 1. The number of nitrogens with one attached hydrogen (secondary N) is 1. The molecule has 0 radical (unpaired) electrons. The maximum atomic E-state index is 12.2. The van der Waals surface area contributed by atoms with Crippen LogP contribution >= 0.6 is 0 Å². The fraction of sp³-hybridized carbons (Fsp3) is 0.625. The van der Waals surface area contributed by atoms with E-state index in [-0.39, 0.29) is 6.09 Å². The average Bonchev–Trinajstić information content (AvgIpc) is 2.64. The van der Waals surface area contributed by atoms with Gasteiger partial charge in [0.15, 0.2) is 0 Å². The minimum atomic E-state index is -0.451. The predicted octanol–water partition coefficient (Wildman–Crippen LogP) is 2.08. The van der Waals surface area contributed by atoms with Gasteiger partial charge in [-0.15, -0.1) is 0 Å². The third-order valence-electron chi connectivity index (χ3n) is 3.35. The largest absolute Gasteiger partial charge is 0.444 e. The van der Waals surface area contributed by atoms with Crippen LogP contribution in [0.2, 0.25) is 0 Å². The summed E-state index contributed by atoms with van der Waals surface area (Å²) < 4.78 is 5.47. The molecule has 1 saturated heterocycles. The first-order valence-electron chi connectivity index (χ1n) is 7.52. The number of nitrogens with zero attached hydrogens (tertiary/aromatic N) is 2. The molecular weight excluding hydrogens is 266 g/mol. The van der Waals surface area contributed by atoms with Crippen molar-refractivity contribution in [2.75, 3.05) is 26.2 Å². The number of aromatic nitrogens is 1. The van der Waals surface area contributed by atoms with Crippen LogP contribution in [-0.2, 0) is 11.2 Å². The molecule has 1 amide bonds. The van der Waals surface area contributed by atoms with Crippen LogP contribution in [-0.4, -0.2) is 47.8 Å². The Labute approximate surface area is 126 Å². The van der Waals surface area contributed by atoms with Crippen molar-refractivity contribution >= 4 is 6.09 Å². The van der Waals surface area contributed by atoms with Crippen molar-refractivity contribution in [1.29, 1.82) is 0 Å². The lowest BCUT2D eigenvalue weighted by molar-refractivity contribution is 0.0241.